The summed E-state index contributed by atoms with van der Waals surface area (Å²) < 4.78 is 5.18. The van der Waals surface area contributed by atoms with E-state index in [4.69, 9.17) is 16.3 Å². The largest absolute Gasteiger partial charge is 0.497 e. The predicted molar refractivity (Wildman–Crippen MR) is 75.5 cm³/mol. The summed E-state index contributed by atoms with van der Waals surface area (Å²) in [6.07, 6.45) is 0. The first-order chi connectivity index (χ1) is 9.22. The Balaban J connectivity index is 2.49. The van der Waals surface area contributed by atoms with Crippen molar-refractivity contribution in [2.24, 2.45) is 0 Å². The summed E-state index contributed by atoms with van der Waals surface area (Å²) in [5.74, 6) is 0.713. The number of benzene rings is 2. The molecule has 0 radical (unpaired) electrons. The van der Waals surface area contributed by atoms with Gasteiger partial charge >= 0.3 is 0 Å². The lowest BCUT2D eigenvalue weighted by Crippen LogP contribution is -1.90. The topological polar surface area (TPSA) is 45.9 Å². The van der Waals surface area contributed by atoms with E-state index in [9.17, 15) is 5.26 Å². The van der Waals surface area contributed by atoms with Gasteiger partial charge in [0.05, 0.1) is 23.7 Å². The van der Waals surface area contributed by atoms with Crippen LogP contribution in [0, 0.1) is 11.3 Å². The van der Waals surface area contributed by atoms with E-state index in [1.54, 1.807) is 19.2 Å². The van der Waals surface area contributed by atoms with Crippen molar-refractivity contribution in [2.75, 3.05) is 7.11 Å². The predicted octanol–water partition coefficient (Wildman–Crippen LogP) is 3.92. The molecule has 0 atom stereocenters. The van der Waals surface area contributed by atoms with Crippen LogP contribution in [0.15, 0.2) is 36.4 Å². The molecular formula is C15H9ClN2O. The summed E-state index contributed by atoms with van der Waals surface area (Å²) in [5.41, 5.74) is 2.05. The maximum atomic E-state index is 9.39. The van der Waals surface area contributed by atoms with Crippen molar-refractivity contribution >= 4 is 33.4 Å². The third-order valence-corrected chi connectivity index (χ3v) is 3.29. The van der Waals surface area contributed by atoms with E-state index in [-0.39, 0.29) is 0 Å². The molecule has 19 heavy (non-hydrogen) atoms. The Bertz CT molecular complexity index is 837. The van der Waals surface area contributed by atoms with Gasteiger partial charge in [-0.2, -0.15) is 5.26 Å². The number of fused-ring (bicyclic) bond motifs is 2. The van der Waals surface area contributed by atoms with Crippen LogP contribution in [0.5, 0.6) is 5.75 Å². The molecule has 0 N–H and O–H groups in total. The number of methoxy groups -OCH3 is 1. The first-order valence-electron chi connectivity index (χ1n) is 5.70. The maximum absolute atomic E-state index is 9.39. The Morgan fingerprint density at radius 3 is 2.47 bits per heavy atom. The fourth-order valence-corrected chi connectivity index (χ4v) is 2.31. The van der Waals surface area contributed by atoms with Crippen LogP contribution in [-0.2, 0) is 0 Å². The molecule has 0 aliphatic carbocycles. The van der Waals surface area contributed by atoms with Crippen molar-refractivity contribution in [1.82, 2.24) is 4.98 Å². The normalized spacial score (nSPS) is 10.6. The summed E-state index contributed by atoms with van der Waals surface area (Å²) in [5, 5.41) is 11.6. The van der Waals surface area contributed by atoms with Gasteiger partial charge in [0.15, 0.2) is 0 Å². The zero-order chi connectivity index (χ0) is 13.4. The van der Waals surface area contributed by atoms with Crippen LogP contribution in [0.1, 0.15) is 5.56 Å². The minimum absolute atomic E-state index is 0.603. The minimum atomic E-state index is 0.603. The molecule has 0 aliphatic heterocycles. The Hall–Kier alpha value is -2.31. The number of ether oxygens (including phenoxy) is 1. The van der Waals surface area contributed by atoms with Gasteiger partial charge < -0.3 is 4.74 Å². The van der Waals surface area contributed by atoms with Gasteiger partial charge in [0.25, 0.3) is 0 Å². The fourth-order valence-electron chi connectivity index (χ4n) is 2.15. The van der Waals surface area contributed by atoms with E-state index in [2.05, 4.69) is 11.1 Å². The number of nitriles is 1. The molecule has 2 aromatic carbocycles. The van der Waals surface area contributed by atoms with Crippen LogP contribution in [0.4, 0.5) is 0 Å². The highest BCUT2D eigenvalue weighted by atomic mass is 35.5. The smallest absolute Gasteiger partial charge is 0.121 e. The molecule has 1 aromatic heterocycles. The monoisotopic (exact) mass is 268 g/mol. The van der Waals surface area contributed by atoms with Gasteiger partial charge in [0.1, 0.15) is 11.8 Å². The van der Waals surface area contributed by atoms with Crippen molar-refractivity contribution in [3.63, 3.8) is 0 Å². The van der Waals surface area contributed by atoms with Crippen LogP contribution in [0.25, 0.3) is 21.8 Å². The first-order valence-corrected chi connectivity index (χ1v) is 6.08. The number of hydrogen-bond acceptors (Lipinski definition) is 3. The van der Waals surface area contributed by atoms with Crippen LogP contribution < -0.4 is 4.74 Å². The Kier molecular flexibility index (Phi) is 2.73. The lowest BCUT2D eigenvalue weighted by Gasteiger charge is -2.07. The van der Waals surface area contributed by atoms with Crippen molar-refractivity contribution < 1.29 is 4.74 Å². The third kappa shape index (κ3) is 1.87. The van der Waals surface area contributed by atoms with E-state index < -0.39 is 0 Å². The Morgan fingerprint density at radius 1 is 1.11 bits per heavy atom. The molecule has 0 fully saturated rings. The summed E-state index contributed by atoms with van der Waals surface area (Å²) in [6, 6.07) is 13.1. The number of rotatable bonds is 1. The Labute approximate surface area is 115 Å². The van der Waals surface area contributed by atoms with Crippen molar-refractivity contribution in [3.05, 3.63) is 47.0 Å². The number of nitrogens with zero attached hydrogens (tertiary/aromatic N) is 2. The van der Waals surface area contributed by atoms with Gasteiger partial charge in [-0.25, -0.2) is 4.98 Å². The quantitative estimate of drug-likeness (QED) is 0.628. The maximum Gasteiger partial charge on any atom is 0.121 e. The second kappa shape index (κ2) is 4.42. The van der Waals surface area contributed by atoms with E-state index in [1.807, 2.05) is 24.3 Å². The zero-order valence-corrected chi connectivity index (χ0v) is 10.9. The zero-order valence-electron chi connectivity index (χ0n) is 10.1. The average Bonchev–Trinajstić information content (AvgIpc) is 2.43. The number of halogens is 1. The van der Waals surface area contributed by atoms with Gasteiger partial charge in [-0.1, -0.05) is 11.6 Å². The molecule has 3 nitrogen and oxygen atoms in total. The summed E-state index contributed by atoms with van der Waals surface area (Å²) in [6.45, 7) is 0. The highest BCUT2D eigenvalue weighted by Gasteiger charge is 2.09. The number of pyridine rings is 1. The second-order valence-corrected chi connectivity index (χ2v) is 4.58. The molecule has 0 saturated heterocycles. The van der Waals surface area contributed by atoms with Crippen LogP contribution in [-0.4, -0.2) is 12.1 Å². The van der Waals surface area contributed by atoms with Gasteiger partial charge in [0.2, 0.25) is 0 Å². The molecule has 4 heteroatoms. The van der Waals surface area contributed by atoms with Gasteiger partial charge in [-0.05, 0) is 30.3 Å². The van der Waals surface area contributed by atoms with Crippen molar-refractivity contribution in [1.29, 1.82) is 5.26 Å². The summed E-state index contributed by atoms with van der Waals surface area (Å²) in [4.78, 5) is 4.54. The van der Waals surface area contributed by atoms with Crippen LogP contribution in [0.3, 0.4) is 0 Å². The van der Waals surface area contributed by atoms with Crippen LogP contribution >= 0.6 is 11.6 Å². The second-order valence-electron chi connectivity index (χ2n) is 4.14. The lowest BCUT2D eigenvalue weighted by atomic mass is 10.0. The molecule has 0 spiro atoms. The van der Waals surface area contributed by atoms with Crippen molar-refractivity contribution in [2.45, 2.75) is 0 Å². The number of hydrogen-bond donors (Lipinski definition) is 0. The molecule has 0 unspecified atom stereocenters. The summed E-state index contributed by atoms with van der Waals surface area (Å²) >= 11 is 5.98. The van der Waals surface area contributed by atoms with E-state index in [0.717, 1.165) is 16.3 Å². The van der Waals surface area contributed by atoms with E-state index in [1.165, 1.54) is 0 Å². The molecule has 92 valence electrons. The molecule has 1 heterocycles. The van der Waals surface area contributed by atoms with Crippen LogP contribution in [0.2, 0.25) is 5.02 Å². The molecule has 3 rings (SSSR count). The minimum Gasteiger partial charge on any atom is -0.497 e. The lowest BCUT2D eigenvalue weighted by molar-refractivity contribution is 0.415. The first kappa shape index (κ1) is 11.8. The highest BCUT2D eigenvalue weighted by Crippen LogP contribution is 2.29. The molecule has 0 amide bonds. The molecular weight excluding hydrogens is 260 g/mol. The standard InChI is InChI=1S/C15H9ClN2O/c1-19-10-3-5-12-13(8-17)11-4-2-9(16)6-14(11)18-15(12)7-10/h2-7H,1H3. The van der Waals surface area contributed by atoms with Gasteiger partial charge in [-0.3, -0.25) is 0 Å². The van der Waals surface area contributed by atoms with Gasteiger partial charge in [0, 0.05) is 21.9 Å². The van der Waals surface area contributed by atoms with Gasteiger partial charge in [-0.15, -0.1) is 0 Å². The molecule has 0 saturated carbocycles. The third-order valence-electron chi connectivity index (χ3n) is 3.06. The van der Waals surface area contributed by atoms with E-state index in [0.29, 0.717) is 21.9 Å². The molecule has 0 bridgehead atoms. The molecule has 0 aliphatic rings. The average molecular weight is 269 g/mol. The summed E-state index contributed by atoms with van der Waals surface area (Å²) in [7, 11) is 1.60. The molecule has 3 aromatic rings. The SMILES string of the molecule is COc1ccc2c(C#N)c3ccc(Cl)cc3nc2c1. The fraction of sp³-hybridized carbons (Fsp3) is 0.0667. The highest BCUT2D eigenvalue weighted by molar-refractivity contribution is 6.31. The Morgan fingerprint density at radius 2 is 1.79 bits per heavy atom. The van der Waals surface area contributed by atoms with E-state index >= 15 is 0 Å². The van der Waals surface area contributed by atoms with Crippen molar-refractivity contribution in [3.8, 4) is 11.8 Å². The number of aromatic nitrogens is 1.